The number of aliphatic carboxylic acids is 1. The normalized spacial score (nSPS) is 20.6. The smallest absolute Gasteiger partial charge is 0.320 e. The van der Waals surface area contributed by atoms with Crippen molar-refractivity contribution in [3.05, 3.63) is 35.4 Å². The Morgan fingerprint density at radius 3 is 3.06 bits per heavy atom. The Labute approximate surface area is 102 Å². The maximum absolute atomic E-state index is 10.8. The third-order valence-corrected chi connectivity index (χ3v) is 3.53. The van der Waals surface area contributed by atoms with Gasteiger partial charge in [-0.3, -0.25) is 4.79 Å². The monoisotopic (exact) mass is 233 g/mol. The van der Waals surface area contributed by atoms with Crippen LogP contribution in [0, 0.1) is 0 Å². The van der Waals surface area contributed by atoms with Crippen LogP contribution >= 0.6 is 0 Å². The van der Waals surface area contributed by atoms with Crippen LogP contribution in [-0.4, -0.2) is 23.7 Å². The summed E-state index contributed by atoms with van der Waals surface area (Å²) in [6.07, 6.45) is 3.50. The number of fused-ring (bicyclic) bond motifs is 1. The van der Waals surface area contributed by atoms with Crippen molar-refractivity contribution < 1.29 is 9.90 Å². The number of benzene rings is 1. The van der Waals surface area contributed by atoms with Crippen LogP contribution in [-0.2, 0) is 11.2 Å². The fraction of sp³-hybridized carbons (Fsp3) is 0.500. The molecule has 0 saturated carbocycles. The lowest BCUT2D eigenvalue weighted by Gasteiger charge is -2.26. The summed E-state index contributed by atoms with van der Waals surface area (Å²) in [5, 5.41) is 11.9. The molecule has 1 unspecified atom stereocenters. The zero-order chi connectivity index (χ0) is 12.3. The number of hydrogen-bond donors (Lipinski definition) is 2. The Morgan fingerprint density at radius 1 is 1.53 bits per heavy atom. The van der Waals surface area contributed by atoms with E-state index in [-0.39, 0.29) is 0 Å². The summed E-state index contributed by atoms with van der Waals surface area (Å²) >= 11 is 0. The molecule has 1 aromatic rings. The highest BCUT2D eigenvalue weighted by molar-refractivity contribution is 5.72. The van der Waals surface area contributed by atoms with Crippen molar-refractivity contribution in [3.63, 3.8) is 0 Å². The Balaban J connectivity index is 2.01. The minimum absolute atomic E-state index is 0.460. The van der Waals surface area contributed by atoms with Crippen LogP contribution in [0.15, 0.2) is 24.3 Å². The van der Waals surface area contributed by atoms with Gasteiger partial charge in [-0.1, -0.05) is 24.3 Å². The predicted molar refractivity (Wildman–Crippen MR) is 67.2 cm³/mol. The van der Waals surface area contributed by atoms with Crippen molar-refractivity contribution >= 4 is 5.97 Å². The average Bonchev–Trinajstić information content (AvgIpc) is 2.35. The van der Waals surface area contributed by atoms with E-state index in [4.69, 9.17) is 5.11 Å². The van der Waals surface area contributed by atoms with Crippen molar-refractivity contribution in [2.45, 2.75) is 38.1 Å². The fourth-order valence-corrected chi connectivity index (χ4v) is 2.47. The average molecular weight is 233 g/mol. The van der Waals surface area contributed by atoms with Gasteiger partial charge < -0.3 is 10.4 Å². The molecule has 1 aliphatic carbocycles. The van der Waals surface area contributed by atoms with Crippen molar-refractivity contribution in [1.29, 1.82) is 0 Å². The topological polar surface area (TPSA) is 49.3 Å². The van der Waals surface area contributed by atoms with Crippen LogP contribution < -0.4 is 5.32 Å². The largest absolute Gasteiger partial charge is 0.480 e. The molecule has 0 saturated heterocycles. The first kappa shape index (κ1) is 12.1. The highest BCUT2D eigenvalue weighted by Gasteiger charge is 2.21. The SMILES string of the molecule is C[C@@H](NCC1CCCc2ccccc21)C(=O)O. The molecule has 0 bridgehead atoms. The molecule has 2 rings (SSSR count). The number of carboxylic acids is 1. The zero-order valence-electron chi connectivity index (χ0n) is 10.1. The molecule has 2 atom stereocenters. The predicted octanol–water partition coefficient (Wildman–Crippen LogP) is 2.17. The zero-order valence-corrected chi connectivity index (χ0v) is 10.1. The molecule has 0 amide bonds. The molecular formula is C14H19NO2. The Kier molecular flexibility index (Phi) is 3.79. The van der Waals surface area contributed by atoms with E-state index >= 15 is 0 Å². The van der Waals surface area contributed by atoms with Gasteiger partial charge in [0.2, 0.25) is 0 Å². The molecule has 92 valence electrons. The van der Waals surface area contributed by atoms with Crippen molar-refractivity contribution in [3.8, 4) is 0 Å². The van der Waals surface area contributed by atoms with Gasteiger partial charge in [0.05, 0.1) is 0 Å². The second-order valence-corrected chi connectivity index (χ2v) is 4.76. The quantitative estimate of drug-likeness (QED) is 0.838. The molecule has 1 aliphatic rings. The molecule has 0 aliphatic heterocycles. The van der Waals surface area contributed by atoms with E-state index in [1.165, 1.54) is 17.5 Å². The molecule has 0 radical (unpaired) electrons. The molecule has 3 heteroatoms. The van der Waals surface area contributed by atoms with E-state index < -0.39 is 12.0 Å². The van der Waals surface area contributed by atoms with Crippen molar-refractivity contribution in [2.24, 2.45) is 0 Å². The first-order chi connectivity index (χ1) is 8.18. The fourth-order valence-electron chi connectivity index (χ4n) is 2.47. The lowest BCUT2D eigenvalue weighted by Crippen LogP contribution is -2.37. The van der Waals surface area contributed by atoms with E-state index in [2.05, 4.69) is 29.6 Å². The van der Waals surface area contributed by atoms with Gasteiger partial charge in [-0.05, 0) is 43.2 Å². The summed E-state index contributed by atoms with van der Waals surface area (Å²) in [5.41, 5.74) is 2.82. The van der Waals surface area contributed by atoms with Gasteiger partial charge in [-0.2, -0.15) is 0 Å². The van der Waals surface area contributed by atoms with Gasteiger partial charge in [-0.15, -0.1) is 0 Å². The Bertz CT molecular complexity index is 403. The first-order valence-electron chi connectivity index (χ1n) is 6.22. The molecule has 0 spiro atoms. The number of hydrogen-bond acceptors (Lipinski definition) is 2. The molecule has 3 nitrogen and oxygen atoms in total. The van der Waals surface area contributed by atoms with E-state index in [1.54, 1.807) is 6.92 Å². The highest BCUT2D eigenvalue weighted by atomic mass is 16.4. The number of nitrogens with one attached hydrogen (secondary N) is 1. The van der Waals surface area contributed by atoms with Crippen LogP contribution in [0.2, 0.25) is 0 Å². The summed E-state index contributed by atoms with van der Waals surface area (Å²) in [7, 11) is 0. The number of carbonyl (C=O) groups is 1. The summed E-state index contributed by atoms with van der Waals surface area (Å²) in [6, 6.07) is 8.03. The maximum atomic E-state index is 10.8. The second-order valence-electron chi connectivity index (χ2n) is 4.76. The molecule has 2 N–H and O–H groups in total. The number of carboxylic acid groups (broad SMARTS) is 1. The van der Waals surface area contributed by atoms with Crippen LogP contribution in [0.5, 0.6) is 0 Å². The van der Waals surface area contributed by atoms with Crippen molar-refractivity contribution in [1.82, 2.24) is 5.32 Å². The summed E-state index contributed by atoms with van der Waals surface area (Å²) < 4.78 is 0. The number of aryl methyl sites for hydroxylation is 1. The Morgan fingerprint density at radius 2 is 2.29 bits per heavy atom. The number of rotatable bonds is 4. The van der Waals surface area contributed by atoms with Gasteiger partial charge in [0.1, 0.15) is 6.04 Å². The van der Waals surface area contributed by atoms with Gasteiger partial charge in [0.15, 0.2) is 0 Å². The van der Waals surface area contributed by atoms with Gasteiger partial charge >= 0.3 is 5.97 Å². The standard InChI is InChI=1S/C14H19NO2/c1-10(14(16)17)15-9-12-7-4-6-11-5-2-3-8-13(11)12/h2-3,5,8,10,12,15H,4,6-7,9H2,1H3,(H,16,17)/t10-,12?/m1/s1. The van der Waals surface area contributed by atoms with Crippen LogP contribution in [0.3, 0.4) is 0 Å². The van der Waals surface area contributed by atoms with E-state index in [0.717, 1.165) is 19.4 Å². The van der Waals surface area contributed by atoms with Gasteiger partial charge in [0, 0.05) is 6.54 Å². The molecule has 0 heterocycles. The van der Waals surface area contributed by atoms with Crippen LogP contribution in [0.4, 0.5) is 0 Å². The highest BCUT2D eigenvalue weighted by Crippen LogP contribution is 2.30. The molecule has 0 aromatic heterocycles. The molecule has 1 aromatic carbocycles. The summed E-state index contributed by atoms with van der Waals surface area (Å²) in [4.78, 5) is 10.8. The summed E-state index contributed by atoms with van der Waals surface area (Å²) in [6.45, 7) is 2.45. The van der Waals surface area contributed by atoms with Crippen LogP contribution in [0.1, 0.15) is 36.8 Å². The second kappa shape index (κ2) is 5.32. The molecule has 17 heavy (non-hydrogen) atoms. The van der Waals surface area contributed by atoms with E-state index in [9.17, 15) is 4.79 Å². The third kappa shape index (κ3) is 2.86. The minimum Gasteiger partial charge on any atom is -0.480 e. The Hall–Kier alpha value is -1.35. The van der Waals surface area contributed by atoms with Crippen LogP contribution in [0.25, 0.3) is 0 Å². The van der Waals surface area contributed by atoms with E-state index in [1.807, 2.05) is 0 Å². The lowest BCUT2D eigenvalue weighted by molar-refractivity contribution is -0.139. The lowest BCUT2D eigenvalue weighted by atomic mass is 9.83. The van der Waals surface area contributed by atoms with E-state index in [0.29, 0.717) is 5.92 Å². The van der Waals surface area contributed by atoms with Gasteiger partial charge in [0.25, 0.3) is 0 Å². The summed E-state index contributed by atoms with van der Waals surface area (Å²) in [5.74, 6) is -0.323. The van der Waals surface area contributed by atoms with Gasteiger partial charge in [-0.25, -0.2) is 0 Å². The van der Waals surface area contributed by atoms with Crippen molar-refractivity contribution in [2.75, 3.05) is 6.54 Å². The minimum atomic E-state index is -0.783. The molecular weight excluding hydrogens is 214 g/mol. The molecule has 0 fully saturated rings. The third-order valence-electron chi connectivity index (χ3n) is 3.53. The maximum Gasteiger partial charge on any atom is 0.320 e. The first-order valence-corrected chi connectivity index (χ1v) is 6.22.